The first-order valence-corrected chi connectivity index (χ1v) is 6.87. The maximum atomic E-state index is 5.37. The third-order valence-electron chi connectivity index (χ3n) is 3.23. The molecule has 94 valence electrons. The van der Waals surface area contributed by atoms with Gasteiger partial charge in [0.05, 0.1) is 6.04 Å². The molecule has 1 fully saturated rings. The van der Waals surface area contributed by atoms with Crippen LogP contribution >= 0.6 is 15.9 Å². The summed E-state index contributed by atoms with van der Waals surface area (Å²) in [5.74, 6) is 1.37. The summed E-state index contributed by atoms with van der Waals surface area (Å²) in [5.41, 5.74) is 2.12. The molecule has 5 heteroatoms. The third kappa shape index (κ3) is 2.20. The molecule has 2 heterocycles. The summed E-state index contributed by atoms with van der Waals surface area (Å²) < 4.78 is 6.42. The zero-order valence-electron chi connectivity index (χ0n) is 10.1. The minimum Gasteiger partial charge on any atom is -0.334 e. The Balaban J connectivity index is 1.92. The van der Waals surface area contributed by atoms with E-state index in [9.17, 15) is 0 Å². The highest BCUT2D eigenvalue weighted by Gasteiger charge is 2.22. The van der Waals surface area contributed by atoms with Crippen LogP contribution < -0.4 is 5.32 Å². The van der Waals surface area contributed by atoms with Gasteiger partial charge >= 0.3 is 0 Å². The van der Waals surface area contributed by atoms with Crippen LogP contribution in [0.1, 0.15) is 30.3 Å². The number of aromatic nitrogens is 2. The summed E-state index contributed by atoms with van der Waals surface area (Å²) in [6, 6.07) is 6.28. The predicted molar refractivity (Wildman–Crippen MR) is 72.1 cm³/mol. The molecule has 1 aliphatic heterocycles. The van der Waals surface area contributed by atoms with Crippen LogP contribution in [-0.4, -0.2) is 16.7 Å². The Hall–Kier alpha value is -1.20. The van der Waals surface area contributed by atoms with Gasteiger partial charge in [0.2, 0.25) is 0 Å². The van der Waals surface area contributed by atoms with E-state index in [4.69, 9.17) is 4.52 Å². The van der Waals surface area contributed by atoms with E-state index in [1.807, 2.05) is 25.1 Å². The van der Waals surface area contributed by atoms with Crippen molar-refractivity contribution in [2.24, 2.45) is 0 Å². The van der Waals surface area contributed by atoms with Crippen molar-refractivity contribution in [3.05, 3.63) is 34.1 Å². The van der Waals surface area contributed by atoms with Gasteiger partial charge in [0.1, 0.15) is 0 Å². The van der Waals surface area contributed by atoms with Crippen LogP contribution in [0.15, 0.2) is 27.2 Å². The molecular weight excluding hydrogens is 294 g/mol. The Morgan fingerprint density at radius 1 is 1.44 bits per heavy atom. The first-order chi connectivity index (χ1) is 8.74. The molecule has 0 amide bonds. The second kappa shape index (κ2) is 4.82. The molecule has 1 aliphatic rings. The topological polar surface area (TPSA) is 51.0 Å². The average molecular weight is 308 g/mol. The number of nitrogens with one attached hydrogen (secondary N) is 1. The Bertz CT molecular complexity index is 561. The van der Waals surface area contributed by atoms with Gasteiger partial charge in [-0.25, -0.2) is 0 Å². The molecule has 2 aromatic rings. The van der Waals surface area contributed by atoms with E-state index < -0.39 is 0 Å². The lowest BCUT2D eigenvalue weighted by Crippen LogP contribution is -2.14. The Labute approximate surface area is 114 Å². The molecule has 0 bridgehead atoms. The molecule has 18 heavy (non-hydrogen) atoms. The summed E-state index contributed by atoms with van der Waals surface area (Å²) in [6.45, 7) is 3.07. The molecule has 1 aromatic carbocycles. The van der Waals surface area contributed by atoms with Crippen molar-refractivity contribution < 1.29 is 4.52 Å². The van der Waals surface area contributed by atoms with Gasteiger partial charge in [-0.1, -0.05) is 21.1 Å². The van der Waals surface area contributed by atoms with Crippen molar-refractivity contribution in [2.45, 2.75) is 25.8 Å². The van der Waals surface area contributed by atoms with Crippen molar-refractivity contribution in [3.8, 4) is 11.5 Å². The van der Waals surface area contributed by atoms with E-state index in [1.165, 1.54) is 6.42 Å². The summed E-state index contributed by atoms with van der Waals surface area (Å²) in [7, 11) is 0. The van der Waals surface area contributed by atoms with Crippen molar-refractivity contribution in [2.75, 3.05) is 6.54 Å². The van der Waals surface area contributed by atoms with Gasteiger partial charge in [0, 0.05) is 10.0 Å². The zero-order chi connectivity index (χ0) is 12.5. The number of aryl methyl sites for hydroxylation is 1. The molecule has 1 unspecified atom stereocenters. The number of hydrogen-bond acceptors (Lipinski definition) is 4. The molecular formula is C13H14BrN3O. The molecule has 0 saturated carbocycles. The molecule has 4 nitrogen and oxygen atoms in total. The predicted octanol–water partition coefficient (Wildman–Crippen LogP) is 3.23. The fourth-order valence-electron chi connectivity index (χ4n) is 2.26. The van der Waals surface area contributed by atoms with Gasteiger partial charge in [-0.15, -0.1) is 0 Å². The van der Waals surface area contributed by atoms with E-state index >= 15 is 0 Å². The van der Waals surface area contributed by atoms with Crippen molar-refractivity contribution in [3.63, 3.8) is 0 Å². The molecule has 1 aromatic heterocycles. The van der Waals surface area contributed by atoms with Gasteiger partial charge in [-0.3, -0.25) is 0 Å². The highest BCUT2D eigenvalue weighted by Crippen LogP contribution is 2.27. The van der Waals surface area contributed by atoms with E-state index in [-0.39, 0.29) is 6.04 Å². The number of halogens is 1. The third-order valence-corrected chi connectivity index (χ3v) is 3.73. The normalized spacial score (nSPS) is 19.3. The van der Waals surface area contributed by atoms with Crippen molar-refractivity contribution in [1.29, 1.82) is 0 Å². The first-order valence-electron chi connectivity index (χ1n) is 6.07. The summed E-state index contributed by atoms with van der Waals surface area (Å²) >= 11 is 3.45. The van der Waals surface area contributed by atoms with Crippen molar-refractivity contribution in [1.82, 2.24) is 15.5 Å². The maximum absolute atomic E-state index is 5.37. The van der Waals surface area contributed by atoms with Gasteiger partial charge in [-0.2, -0.15) is 4.98 Å². The monoisotopic (exact) mass is 307 g/mol. The van der Waals surface area contributed by atoms with E-state index in [0.717, 1.165) is 34.4 Å². The second-order valence-electron chi connectivity index (χ2n) is 4.57. The average Bonchev–Trinajstić information content (AvgIpc) is 2.99. The second-order valence-corrected chi connectivity index (χ2v) is 5.48. The Morgan fingerprint density at radius 3 is 3.06 bits per heavy atom. The van der Waals surface area contributed by atoms with Crippen LogP contribution in [0, 0.1) is 6.92 Å². The molecule has 1 N–H and O–H groups in total. The highest BCUT2D eigenvalue weighted by atomic mass is 79.9. The van der Waals surface area contributed by atoms with E-state index in [2.05, 4.69) is 31.4 Å². The molecule has 1 atom stereocenters. The largest absolute Gasteiger partial charge is 0.334 e. The standard InChI is InChI=1S/C13H14BrN3O/c1-8-7-9(14)4-5-10(8)13-16-12(17-18-13)11-3-2-6-15-11/h4-5,7,11,15H,2-3,6H2,1H3. The lowest BCUT2D eigenvalue weighted by molar-refractivity contribution is 0.412. The fraction of sp³-hybridized carbons (Fsp3) is 0.385. The Morgan fingerprint density at radius 2 is 2.33 bits per heavy atom. The van der Waals surface area contributed by atoms with Gasteiger partial charge in [-0.05, 0) is 50.1 Å². The van der Waals surface area contributed by atoms with Crippen LogP contribution in [-0.2, 0) is 0 Å². The minimum atomic E-state index is 0.248. The zero-order valence-corrected chi connectivity index (χ0v) is 11.7. The SMILES string of the molecule is Cc1cc(Br)ccc1-c1nc(C2CCCN2)no1. The van der Waals surface area contributed by atoms with Crippen LogP contribution in [0.25, 0.3) is 11.5 Å². The molecule has 0 aliphatic carbocycles. The maximum Gasteiger partial charge on any atom is 0.258 e. The molecule has 0 radical (unpaired) electrons. The smallest absolute Gasteiger partial charge is 0.258 e. The number of rotatable bonds is 2. The number of benzene rings is 1. The fourth-order valence-corrected chi connectivity index (χ4v) is 2.73. The quantitative estimate of drug-likeness (QED) is 0.925. The number of hydrogen-bond donors (Lipinski definition) is 1. The van der Waals surface area contributed by atoms with Gasteiger partial charge in [0.15, 0.2) is 5.82 Å². The van der Waals surface area contributed by atoms with Crippen LogP contribution in [0.4, 0.5) is 0 Å². The van der Waals surface area contributed by atoms with Crippen LogP contribution in [0.2, 0.25) is 0 Å². The summed E-state index contributed by atoms with van der Waals surface area (Å²) in [5, 5.41) is 7.45. The summed E-state index contributed by atoms with van der Waals surface area (Å²) in [6.07, 6.45) is 2.25. The lowest BCUT2D eigenvalue weighted by atomic mass is 10.1. The number of nitrogens with zero attached hydrogens (tertiary/aromatic N) is 2. The first kappa shape index (κ1) is 11.9. The molecule has 0 spiro atoms. The van der Waals surface area contributed by atoms with Crippen molar-refractivity contribution >= 4 is 15.9 Å². The van der Waals surface area contributed by atoms with E-state index in [0.29, 0.717) is 5.89 Å². The van der Waals surface area contributed by atoms with Gasteiger partial charge < -0.3 is 9.84 Å². The van der Waals surface area contributed by atoms with Gasteiger partial charge in [0.25, 0.3) is 5.89 Å². The molecule has 3 rings (SSSR count). The van der Waals surface area contributed by atoms with E-state index in [1.54, 1.807) is 0 Å². The summed E-state index contributed by atoms with van der Waals surface area (Å²) in [4.78, 5) is 4.50. The molecule has 1 saturated heterocycles. The highest BCUT2D eigenvalue weighted by molar-refractivity contribution is 9.10. The Kier molecular flexibility index (Phi) is 3.18. The van der Waals surface area contributed by atoms with Crippen LogP contribution in [0.5, 0.6) is 0 Å². The lowest BCUT2D eigenvalue weighted by Gasteiger charge is -2.02. The minimum absolute atomic E-state index is 0.248. The van der Waals surface area contributed by atoms with Crippen LogP contribution in [0.3, 0.4) is 0 Å².